The fourth-order valence-corrected chi connectivity index (χ4v) is 3.25. The number of carbonyl (C=O) groups excluding carboxylic acids is 1. The number of hydrogen-bond donors (Lipinski definition) is 3. The van der Waals surface area contributed by atoms with Gasteiger partial charge in [-0.1, -0.05) is 0 Å². The van der Waals surface area contributed by atoms with E-state index < -0.39 is 27.7 Å². The van der Waals surface area contributed by atoms with Crippen LogP contribution in [0.1, 0.15) is 11.3 Å². The van der Waals surface area contributed by atoms with E-state index in [1.807, 2.05) is 0 Å². The number of ether oxygens (including phenoxy) is 2. The summed E-state index contributed by atoms with van der Waals surface area (Å²) in [5.41, 5.74) is 0.183. The summed E-state index contributed by atoms with van der Waals surface area (Å²) in [6.07, 6.45) is 1.24. The molecule has 13 nitrogen and oxygen atoms in total. The van der Waals surface area contributed by atoms with Crippen LogP contribution in [0.15, 0.2) is 34.6 Å². The maximum Gasteiger partial charge on any atom is 1.00 e. The van der Waals surface area contributed by atoms with Gasteiger partial charge < -0.3 is 19.4 Å². The number of sulfonamides is 1. The van der Waals surface area contributed by atoms with Crippen molar-refractivity contribution in [3.8, 4) is 5.88 Å². The first-order valence-corrected chi connectivity index (χ1v) is 9.56. The Morgan fingerprint density at radius 1 is 1.33 bits per heavy atom. The van der Waals surface area contributed by atoms with Gasteiger partial charge in [0.25, 0.3) is 15.9 Å². The van der Waals surface area contributed by atoms with E-state index in [4.69, 9.17) is 14.3 Å². The predicted molar refractivity (Wildman–Crippen MR) is 96.5 cm³/mol. The van der Waals surface area contributed by atoms with Gasteiger partial charge in [-0.3, -0.25) is 5.32 Å². The zero-order valence-electron chi connectivity index (χ0n) is 16.0. The number of nitrogens with one attached hydrogen (secondary N) is 2. The van der Waals surface area contributed by atoms with E-state index in [1.54, 1.807) is 4.72 Å². The van der Waals surface area contributed by atoms with E-state index >= 15 is 0 Å². The molecule has 0 saturated heterocycles. The van der Waals surface area contributed by atoms with Crippen LogP contribution >= 0.6 is 0 Å². The smallest absolute Gasteiger partial charge is 0.481 e. The van der Waals surface area contributed by atoms with Gasteiger partial charge >= 0.3 is 35.6 Å². The Balaban J connectivity index is 0.00000320. The Morgan fingerprint density at radius 2 is 2.13 bits per heavy atom. The van der Waals surface area contributed by atoms with Crippen LogP contribution in [0.5, 0.6) is 5.88 Å². The quantitative estimate of drug-likeness (QED) is 0.379. The molecule has 3 rings (SSSR count). The number of oxime groups is 1. The van der Waals surface area contributed by atoms with Gasteiger partial charge in [0.05, 0.1) is 25.0 Å². The molecule has 0 spiro atoms. The number of nitrogens with zero attached hydrogens (tertiary/aromatic N) is 4. The fourth-order valence-electron chi connectivity index (χ4n) is 2.21. The second-order valence-electron chi connectivity index (χ2n) is 5.38. The van der Waals surface area contributed by atoms with Crippen LogP contribution in [0, 0.1) is 0 Å². The fraction of sp³-hybridized carbons (Fsp3) is 0.267. The zero-order chi connectivity index (χ0) is 20.9. The maximum absolute atomic E-state index is 12.7. The molecule has 154 valence electrons. The van der Waals surface area contributed by atoms with Gasteiger partial charge in [0.15, 0.2) is 11.6 Å². The molecule has 30 heavy (non-hydrogen) atoms. The van der Waals surface area contributed by atoms with Gasteiger partial charge in [0.2, 0.25) is 11.8 Å². The molecule has 3 heterocycles. The van der Waals surface area contributed by atoms with Gasteiger partial charge in [0.1, 0.15) is 6.61 Å². The molecule has 0 aliphatic carbocycles. The van der Waals surface area contributed by atoms with E-state index in [1.165, 1.54) is 31.5 Å². The standard InChI is InChI=1S/C15H16N6O7S.Na/c1-26-11-7-9(8-22)17-14(18-11)19-15(23)21-29(24,25)13-10(3-2-4-16-13)12-20-28-6-5-27-12;/h2-4,7,22H,5-6,8H2,1H3,(H2,17,18,19,21,23);/q;+1. The van der Waals surface area contributed by atoms with E-state index in [-0.39, 0.29) is 71.8 Å². The number of methoxy groups -OCH3 is 1. The van der Waals surface area contributed by atoms with Crippen molar-refractivity contribution in [1.29, 1.82) is 0 Å². The first-order valence-electron chi connectivity index (χ1n) is 8.07. The number of pyridine rings is 1. The van der Waals surface area contributed by atoms with Crippen LogP contribution < -0.4 is 44.3 Å². The number of rotatable bonds is 6. The summed E-state index contributed by atoms with van der Waals surface area (Å²) in [6.45, 7) is -0.0284. The molecule has 2 aromatic rings. The van der Waals surface area contributed by atoms with Gasteiger partial charge in [-0.2, -0.15) is 13.4 Å². The van der Waals surface area contributed by atoms with Gasteiger partial charge in [-0.05, 0) is 17.3 Å². The molecule has 0 atom stereocenters. The number of aromatic nitrogens is 3. The molecule has 1 aliphatic rings. The molecule has 15 heteroatoms. The third-order valence-electron chi connectivity index (χ3n) is 3.40. The molecule has 0 unspecified atom stereocenters. The molecule has 0 aromatic carbocycles. The molecule has 0 fully saturated rings. The summed E-state index contributed by atoms with van der Waals surface area (Å²) >= 11 is 0. The van der Waals surface area contributed by atoms with Crippen LogP contribution in [-0.4, -0.2) is 60.7 Å². The molecule has 0 bridgehead atoms. The minimum absolute atomic E-state index is 0. The number of anilines is 1. The predicted octanol–water partition coefficient (Wildman–Crippen LogP) is -3.40. The van der Waals surface area contributed by atoms with Crippen molar-refractivity contribution in [2.24, 2.45) is 5.16 Å². The average Bonchev–Trinajstić information content (AvgIpc) is 2.73. The Bertz CT molecular complexity index is 1030. The SMILES string of the molecule is COc1cc(CO)nc(NC(=O)NS(=O)(=O)c2ncccc2C2=NOCCO2)n1.[Na+]. The monoisotopic (exact) mass is 447 g/mol. The van der Waals surface area contributed by atoms with E-state index in [0.29, 0.717) is 0 Å². The topological polar surface area (TPSA) is 174 Å². The third-order valence-corrected chi connectivity index (χ3v) is 4.68. The van der Waals surface area contributed by atoms with Gasteiger partial charge in [-0.25, -0.2) is 19.5 Å². The molecule has 2 amide bonds. The number of urea groups is 1. The van der Waals surface area contributed by atoms with Crippen LogP contribution in [-0.2, 0) is 26.2 Å². The Morgan fingerprint density at radius 3 is 2.80 bits per heavy atom. The minimum Gasteiger partial charge on any atom is -0.481 e. The van der Waals surface area contributed by atoms with E-state index in [2.05, 4.69) is 25.4 Å². The van der Waals surface area contributed by atoms with E-state index in [0.717, 1.165) is 0 Å². The average molecular weight is 447 g/mol. The number of amides is 2. The van der Waals surface area contributed by atoms with Crippen LogP contribution in [0.25, 0.3) is 0 Å². The first kappa shape index (κ1) is 23.8. The third kappa shape index (κ3) is 5.76. The summed E-state index contributed by atoms with van der Waals surface area (Å²) in [4.78, 5) is 28.6. The first-order chi connectivity index (χ1) is 13.9. The van der Waals surface area contributed by atoms with Gasteiger partial charge in [0, 0.05) is 12.3 Å². The second kappa shape index (κ2) is 10.5. The second-order valence-corrected chi connectivity index (χ2v) is 6.97. The van der Waals surface area contributed by atoms with Crippen molar-refractivity contribution in [1.82, 2.24) is 19.7 Å². The molecule has 3 N–H and O–H groups in total. The van der Waals surface area contributed by atoms with Crippen molar-refractivity contribution in [2.75, 3.05) is 25.6 Å². The summed E-state index contributed by atoms with van der Waals surface area (Å²) in [5, 5.41) is 14.5. The van der Waals surface area contributed by atoms with Crippen LogP contribution in [0.3, 0.4) is 0 Å². The molecule has 2 aromatic heterocycles. The largest absolute Gasteiger partial charge is 1.00 e. The number of aliphatic hydroxyl groups is 1. The van der Waals surface area contributed by atoms with Crippen molar-refractivity contribution in [3.63, 3.8) is 0 Å². The molecular formula is C15H16N6NaO7S+. The Kier molecular flexibility index (Phi) is 8.31. The Hall–Kier alpha value is -2.52. The Labute approximate surface area is 193 Å². The van der Waals surface area contributed by atoms with E-state index in [9.17, 15) is 18.3 Å². The summed E-state index contributed by atoms with van der Waals surface area (Å²) in [5.74, 6) is -0.272. The minimum atomic E-state index is -4.42. The summed E-state index contributed by atoms with van der Waals surface area (Å²) in [7, 11) is -3.08. The number of carbonyl (C=O) groups is 1. The molecule has 1 aliphatic heterocycles. The molecule has 0 saturated carbocycles. The maximum atomic E-state index is 12.7. The molecular weight excluding hydrogens is 431 g/mol. The van der Waals surface area contributed by atoms with Crippen molar-refractivity contribution in [2.45, 2.75) is 11.6 Å². The van der Waals surface area contributed by atoms with Gasteiger partial charge in [-0.15, -0.1) is 0 Å². The normalized spacial score (nSPS) is 13.1. The van der Waals surface area contributed by atoms with Crippen LogP contribution in [0.2, 0.25) is 0 Å². The molecule has 0 radical (unpaired) electrons. The summed E-state index contributed by atoms with van der Waals surface area (Å²) < 4.78 is 37.3. The zero-order valence-corrected chi connectivity index (χ0v) is 18.8. The van der Waals surface area contributed by atoms with Crippen molar-refractivity contribution < 1.29 is 62.2 Å². The number of aliphatic hydroxyl groups excluding tert-OH is 1. The number of hydrogen-bond acceptors (Lipinski definition) is 11. The van der Waals surface area contributed by atoms with Crippen LogP contribution in [0.4, 0.5) is 10.7 Å². The summed E-state index contributed by atoms with van der Waals surface area (Å²) in [6, 6.07) is 3.09. The van der Waals surface area contributed by atoms with Crippen molar-refractivity contribution in [3.05, 3.63) is 35.7 Å². The van der Waals surface area contributed by atoms with Crippen molar-refractivity contribution >= 4 is 27.9 Å².